The second-order valence-corrected chi connectivity index (χ2v) is 9.79. The van der Waals surface area contributed by atoms with Gasteiger partial charge in [-0.3, -0.25) is 9.59 Å². The summed E-state index contributed by atoms with van der Waals surface area (Å²) >= 11 is 0. The van der Waals surface area contributed by atoms with Gasteiger partial charge >= 0.3 is 0 Å². The van der Waals surface area contributed by atoms with E-state index >= 15 is 0 Å². The monoisotopic (exact) mass is 396 g/mol. The molecule has 0 N–H and O–H groups in total. The highest BCUT2D eigenvalue weighted by Crippen LogP contribution is 2.11. The third kappa shape index (κ3) is 7.28. The molecule has 0 saturated heterocycles. The van der Waals surface area contributed by atoms with Crippen LogP contribution in [0.4, 0.5) is 0 Å². The number of benzene rings is 2. The Bertz CT molecular complexity index is 971. The zero-order chi connectivity index (χ0) is 20.0. The third-order valence-electron chi connectivity index (χ3n) is 3.25. The zero-order valence-corrected chi connectivity index (χ0v) is 16.3. The molecule has 8 heteroatoms. The Hall–Kier alpha value is -2.32. The van der Waals surface area contributed by atoms with E-state index in [1.807, 2.05) is 0 Å². The topological polar surface area (TPSA) is 102 Å². The van der Waals surface area contributed by atoms with Crippen LogP contribution in [0.2, 0.25) is 0 Å². The number of hydrogen-bond donors (Lipinski definition) is 0. The van der Waals surface area contributed by atoms with Crippen LogP contribution >= 0.6 is 0 Å². The smallest absolute Gasteiger partial charge is 0.175 e. The van der Waals surface area contributed by atoms with Gasteiger partial charge in [-0.05, 0) is 36.8 Å². The molecule has 0 saturated carbocycles. The summed E-state index contributed by atoms with van der Waals surface area (Å²) in [5.41, 5.74) is 1.31. The lowest BCUT2D eigenvalue weighted by atomic mass is 10.1. The minimum Gasteiger partial charge on any atom is -0.300 e. The van der Waals surface area contributed by atoms with Crippen molar-refractivity contribution >= 4 is 31.7 Å². The van der Waals surface area contributed by atoms with E-state index in [0.717, 1.165) is 18.1 Å². The second-order valence-electron chi connectivity index (χ2n) is 5.75. The standard InChI is InChI=1S/C10H12O3S.C8H8O3S/c1-8(11)7-9-3-5-10(6-4-9)14(2,12)13;1-12(10,11)8-4-2-7(6-9)3-5-8/h3-6H,7H2,1-2H3;2-6H,1H3. The number of hydrogen-bond acceptors (Lipinski definition) is 6. The molecule has 0 aliphatic rings. The normalized spacial score (nSPS) is 11.2. The fourth-order valence-electron chi connectivity index (χ4n) is 1.94. The first kappa shape index (κ1) is 21.7. The highest BCUT2D eigenvalue weighted by atomic mass is 32.2. The predicted octanol–water partition coefficient (Wildman–Crippen LogP) is 2.12. The van der Waals surface area contributed by atoms with E-state index in [1.54, 1.807) is 12.1 Å². The molecule has 0 spiro atoms. The van der Waals surface area contributed by atoms with E-state index < -0.39 is 19.7 Å². The van der Waals surface area contributed by atoms with Gasteiger partial charge in [0, 0.05) is 24.5 Å². The summed E-state index contributed by atoms with van der Waals surface area (Å²) in [6.07, 6.45) is 3.31. The molecule has 2 aromatic rings. The Morgan fingerprint density at radius 3 is 1.50 bits per heavy atom. The van der Waals surface area contributed by atoms with Crippen LogP contribution in [0.15, 0.2) is 58.3 Å². The maximum absolute atomic E-state index is 11.1. The molecule has 0 atom stereocenters. The molecule has 0 heterocycles. The van der Waals surface area contributed by atoms with Crippen LogP contribution in [0.25, 0.3) is 0 Å². The molecule has 0 unspecified atom stereocenters. The molecule has 0 bridgehead atoms. The highest BCUT2D eigenvalue weighted by Gasteiger charge is 2.06. The number of carbonyl (C=O) groups is 2. The number of aldehydes is 1. The second kappa shape index (κ2) is 8.86. The molecular formula is C18H20O6S2. The molecule has 0 aliphatic heterocycles. The first-order chi connectivity index (χ1) is 11.9. The summed E-state index contributed by atoms with van der Waals surface area (Å²) in [6, 6.07) is 12.2. The number of carbonyl (C=O) groups excluding carboxylic acids is 2. The number of ketones is 1. The van der Waals surface area contributed by atoms with Gasteiger partial charge in [-0.2, -0.15) is 0 Å². The van der Waals surface area contributed by atoms with Crippen molar-refractivity contribution in [3.8, 4) is 0 Å². The van der Waals surface area contributed by atoms with E-state index in [9.17, 15) is 26.4 Å². The van der Waals surface area contributed by atoms with Crippen molar-refractivity contribution in [1.82, 2.24) is 0 Å². The summed E-state index contributed by atoms with van der Waals surface area (Å²) in [6.45, 7) is 1.50. The molecular weight excluding hydrogens is 376 g/mol. The third-order valence-corrected chi connectivity index (χ3v) is 5.51. The minimum atomic E-state index is -3.14. The van der Waals surface area contributed by atoms with Crippen LogP contribution in [-0.4, -0.2) is 41.4 Å². The van der Waals surface area contributed by atoms with E-state index in [2.05, 4.69) is 0 Å². The lowest BCUT2D eigenvalue weighted by molar-refractivity contribution is -0.116. The van der Waals surface area contributed by atoms with Gasteiger partial charge in [0.2, 0.25) is 0 Å². The van der Waals surface area contributed by atoms with Crippen LogP contribution in [0.1, 0.15) is 22.8 Å². The SMILES string of the molecule is CC(=O)Cc1ccc(S(C)(=O)=O)cc1.CS(=O)(=O)c1ccc(C=O)cc1. The quantitative estimate of drug-likeness (QED) is 0.718. The molecule has 0 aliphatic carbocycles. The number of sulfone groups is 2. The maximum Gasteiger partial charge on any atom is 0.175 e. The van der Waals surface area contributed by atoms with Gasteiger partial charge in [-0.25, -0.2) is 16.8 Å². The molecule has 2 rings (SSSR count). The van der Waals surface area contributed by atoms with Crippen molar-refractivity contribution < 1.29 is 26.4 Å². The van der Waals surface area contributed by atoms with E-state index in [0.29, 0.717) is 18.3 Å². The van der Waals surface area contributed by atoms with Gasteiger partial charge in [0.25, 0.3) is 0 Å². The lowest BCUT2D eigenvalue weighted by Crippen LogP contribution is -1.99. The van der Waals surface area contributed by atoms with Gasteiger partial charge in [-0.1, -0.05) is 24.3 Å². The van der Waals surface area contributed by atoms with Crippen molar-refractivity contribution in [2.24, 2.45) is 0 Å². The molecule has 6 nitrogen and oxygen atoms in total. The Morgan fingerprint density at radius 1 is 0.808 bits per heavy atom. The fraction of sp³-hybridized carbons (Fsp3) is 0.222. The number of Topliss-reactive ketones (excluding diaryl/α,β-unsaturated/α-hetero) is 1. The van der Waals surface area contributed by atoms with Gasteiger partial charge in [0.15, 0.2) is 19.7 Å². The zero-order valence-electron chi connectivity index (χ0n) is 14.7. The Labute approximate surface area is 153 Å². The van der Waals surface area contributed by atoms with Crippen LogP contribution in [0.5, 0.6) is 0 Å². The fourth-order valence-corrected chi connectivity index (χ4v) is 3.20. The van der Waals surface area contributed by atoms with Crippen LogP contribution in [0.3, 0.4) is 0 Å². The maximum atomic E-state index is 11.1. The Balaban J connectivity index is 0.000000263. The van der Waals surface area contributed by atoms with Crippen molar-refractivity contribution in [1.29, 1.82) is 0 Å². The van der Waals surface area contributed by atoms with Gasteiger partial charge in [0.05, 0.1) is 9.79 Å². The molecule has 26 heavy (non-hydrogen) atoms. The van der Waals surface area contributed by atoms with Crippen molar-refractivity contribution in [3.63, 3.8) is 0 Å². The summed E-state index contributed by atoms with van der Waals surface area (Å²) in [5.74, 6) is 0.0668. The van der Waals surface area contributed by atoms with E-state index in [4.69, 9.17) is 0 Å². The van der Waals surface area contributed by atoms with E-state index in [1.165, 1.54) is 43.3 Å². The molecule has 0 amide bonds. The summed E-state index contributed by atoms with van der Waals surface area (Å²) in [5, 5.41) is 0. The summed E-state index contributed by atoms with van der Waals surface area (Å²) in [7, 11) is -6.28. The summed E-state index contributed by atoms with van der Waals surface area (Å²) in [4.78, 5) is 21.5. The number of rotatable bonds is 5. The van der Waals surface area contributed by atoms with Gasteiger partial charge < -0.3 is 0 Å². The Morgan fingerprint density at radius 2 is 1.19 bits per heavy atom. The first-order valence-electron chi connectivity index (χ1n) is 7.47. The van der Waals surface area contributed by atoms with Crippen molar-refractivity contribution in [3.05, 3.63) is 59.7 Å². The van der Waals surface area contributed by atoms with Crippen LogP contribution < -0.4 is 0 Å². The highest BCUT2D eigenvalue weighted by molar-refractivity contribution is 7.91. The molecule has 0 fully saturated rings. The molecule has 2 aromatic carbocycles. The molecule has 0 radical (unpaired) electrons. The molecule has 0 aromatic heterocycles. The van der Waals surface area contributed by atoms with Crippen LogP contribution in [-0.2, 0) is 30.9 Å². The van der Waals surface area contributed by atoms with E-state index in [-0.39, 0.29) is 15.6 Å². The van der Waals surface area contributed by atoms with Crippen molar-refractivity contribution in [2.75, 3.05) is 12.5 Å². The summed E-state index contributed by atoms with van der Waals surface area (Å²) < 4.78 is 44.1. The largest absolute Gasteiger partial charge is 0.300 e. The minimum absolute atomic E-state index is 0.0668. The van der Waals surface area contributed by atoms with Crippen molar-refractivity contribution in [2.45, 2.75) is 23.1 Å². The van der Waals surface area contributed by atoms with Crippen LogP contribution in [0, 0.1) is 0 Å². The lowest BCUT2D eigenvalue weighted by Gasteiger charge is -2.00. The van der Waals surface area contributed by atoms with Gasteiger partial charge in [0.1, 0.15) is 12.1 Å². The average Bonchev–Trinajstić information content (AvgIpc) is 2.54. The first-order valence-corrected chi connectivity index (χ1v) is 11.3. The molecule has 140 valence electrons. The predicted molar refractivity (Wildman–Crippen MR) is 98.9 cm³/mol. The average molecular weight is 396 g/mol. The van der Waals surface area contributed by atoms with Gasteiger partial charge in [-0.15, -0.1) is 0 Å². The Kier molecular flexibility index (Phi) is 7.41.